The van der Waals surface area contributed by atoms with E-state index in [1.54, 1.807) is 0 Å². The number of rotatable bonds is 0. The van der Waals surface area contributed by atoms with E-state index in [9.17, 15) is 0 Å². The van der Waals surface area contributed by atoms with Gasteiger partial charge in [0, 0.05) is 0 Å². The first-order valence-electron chi connectivity index (χ1n) is 4.69. The standard InChI is InChI=1S/C11H13B3/c1-6-7(11(2,3)4)5-8(12)10(14)9(6)13/h5H,1-4H3. The topological polar surface area (TPSA) is 0 Å². The minimum absolute atomic E-state index is 0.0417. The van der Waals surface area contributed by atoms with Gasteiger partial charge in [-0.3, -0.25) is 0 Å². The summed E-state index contributed by atoms with van der Waals surface area (Å²) in [5, 5.41) is 0. The second-order valence-electron chi connectivity index (χ2n) is 4.72. The normalized spacial score (nSPS) is 11.7. The Labute approximate surface area is 90.7 Å². The molecule has 0 aromatic heterocycles. The molecule has 0 atom stereocenters. The summed E-state index contributed by atoms with van der Waals surface area (Å²) in [5.41, 5.74) is 3.90. The van der Waals surface area contributed by atoms with Crippen molar-refractivity contribution >= 4 is 39.9 Å². The average Bonchev–Trinajstić information content (AvgIpc) is 2.06. The molecule has 0 aliphatic carbocycles. The van der Waals surface area contributed by atoms with Gasteiger partial charge in [-0.05, 0) is 17.9 Å². The highest BCUT2D eigenvalue weighted by atomic mass is 14.2. The van der Waals surface area contributed by atoms with E-state index in [1.165, 1.54) is 0 Å². The molecule has 0 amide bonds. The van der Waals surface area contributed by atoms with Gasteiger partial charge in [-0.15, -0.1) is 16.4 Å². The fourth-order valence-electron chi connectivity index (χ4n) is 1.62. The maximum Gasteiger partial charge on any atom is 0.113 e. The Kier molecular flexibility index (Phi) is 2.89. The van der Waals surface area contributed by atoms with Gasteiger partial charge in [0.25, 0.3) is 0 Å². The molecule has 0 spiro atoms. The zero-order valence-corrected chi connectivity index (χ0v) is 9.31. The van der Waals surface area contributed by atoms with Gasteiger partial charge in [0.15, 0.2) is 0 Å². The summed E-state index contributed by atoms with van der Waals surface area (Å²) < 4.78 is 0. The van der Waals surface area contributed by atoms with E-state index in [4.69, 9.17) is 23.5 Å². The smallest absolute Gasteiger partial charge is 0.110 e. The van der Waals surface area contributed by atoms with E-state index in [2.05, 4.69) is 20.8 Å². The van der Waals surface area contributed by atoms with E-state index in [1.807, 2.05) is 13.0 Å². The summed E-state index contributed by atoms with van der Waals surface area (Å²) in [6.07, 6.45) is 0. The Morgan fingerprint density at radius 2 is 1.50 bits per heavy atom. The lowest BCUT2D eigenvalue weighted by Crippen LogP contribution is -2.42. The molecule has 1 aromatic rings. The highest BCUT2D eigenvalue weighted by Gasteiger charge is 2.18. The van der Waals surface area contributed by atoms with Crippen molar-refractivity contribution in [3.63, 3.8) is 0 Å². The van der Waals surface area contributed by atoms with Gasteiger partial charge in [-0.2, -0.15) is 0 Å². The highest BCUT2D eigenvalue weighted by molar-refractivity contribution is 6.57. The molecule has 0 N–H and O–H groups in total. The Morgan fingerprint density at radius 3 is 1.93 bits per heavy atom. The number of benzene rings is 1. The fourth-order valence-corrected chi connectivity index (χ4v) is 1.62. The number of hydrogen-bond acceptors (Lipinski definition) is 0. The fraction of sp³-hybridized carbons (Fsp3) is 0.455. The molecule has 6 radical (unpaired) electrons. The quantitative estimate of drug-likeness (QED) is 0.477. The van der Waals surface area contributed by atoms with E-state index < -0.39 is 0 Å². The minimum atomic E-state index is 0.0417. The van der Waals surface area contributed by atoms with Crippen LogP contribution in [0.25, 0.3) is 0 Å². The van der Waals surface area contributed by atoms with Gasteiger partial charge >= 0.3 is 0 Å². The molecule has 66 valence electrons. The molecular formula is C11H13B3. The Morgan fingerprint density at radius 1 is 1.00 bits per heavy atom. The van der Waals surface area contributed by atoms with E-state index in [0.717, 1.165) is 11.1 Å². The molecular weight excluding hydrogens is 165 g/mol. The van der Waals surface area contributed by atoms with Gasteiger partial charge in [0.1, 0.15) is 23.5 Å². The van der Waals surface area contributed by atoms with Gasteiger partial charge < -0.3 is 0 Å². The van der Waals surface area contributed by atoms with Crippen LogP contribution in [0.15, 0.2) is 6.07 Å². The van der Waals surface area contributed by atoms with Crippen LogP contribution in [-0.4, -0.2) is 23.5 Å². The highest BCUT2D eigenvalue weighted by Crippen LogP contribution is 2.22. The lowest BCUT2D eigenvalue weighted by molar-refractivity contribution is 0.587. The molecule has 0 saturated carbocycles. The first-order chi connectivity index (χ1) is 6.25. The Balaban J connectivity index is 3.49. The molecule has 0 aliphatic rings. The van der Waals surface area contributed by atoms with Crippen molar-refractivity contribution in [2.75, 3.05) is 0 Å². The first-order valence-corrected chi connectivity index (χ1v) is 4.69. The monoisotopic (exact) mass is 178 g/mol. The van der Waals surface area contributed by atoms with Crippen molar-refractivity contribution in [3.05, 3.63) is 17.2 Å². The van der Waals surface area contributed by atoms with Crippen molar-refractivity contribution in [1.29, 1.82) is 0 Å². The van der Waals surface area contributed by atoms with E-state index >= 15 is 0 Å². The van der Waals surface area contributed by atoms with Gasteiger partial charge in [-0.1, -0.05) is 32.4 Å². The van der Waals surface area contributed by atoms with Gasteiger partial charge in [-0.25, -0.2) is 0 Å². The third kappa shape index (κ3) is 1.92. The van der Waals surface area contributed by atoms with Crippen molar-refractivity contribution < 1.29 is 0 Å². The van der Waals surface area contributed by atoms with Crippen molar-refractivity contribution in [1.82, 2.24) is 0 Å². The van der Waals surface area contributed by atoms with Crippen molar-refractivity contribution in [2.45, 2.75) is 33.1 Å². The SMILES string of the molecule is [B]c1cc(C(C)(C)C)c(C)c([B])c1[B]. The van der Waals surface area contributed by atoms with E-state index in [0.29, 0.717) is 16.4 Å². The average molecular weight is 178 g/mol. The minimum Gasteiger partial charge on any atom is -0.110 e. The molecule has 14 heavy (non-hydrogen) atoms. The third-order valence-electron chi connectivity index (χ3n) is 2.52. The van der Waals surface area contributed by atoms with Gasteiger partial charge in [0.2, 0.25) is 0 Å². The molecule has 0 unspecified atom stereocenters. The summed E-state index contributed by atoms with van der Waals surface area (Å²) in [6, 6.07) is 1.92. The Hall–Kier alpha value is -0.585. The van der Waals surface area contributed by atoms with Crippen molar-refractivity contribution in [3.8, 4) is 0 Å². The van der Waals surface area contributed by atoms with Crippen LogP contribution in [-0.2, 0) is 5.41 Å². The van der Waals surface area contributed by atoms with Crippen LogP contribution in [0.5, 0.6) is 0 Å². The molecule has 0 nitrogen and oxygen atoms in total. The maximum atomic E-state index is 5.88. The van der Waals surface area contributed by atoms with Crippen LogP contribution in [0.4, 0.5) is 0 Å². The largest absolute Gasteiger partial charge is 0.113 e. The molecule has 1 rings (SSSR count). The molecule has 0 saturated heterocycles. The summed E-state index contributed by atoms with van der Waals surface area (Å²) in [5.74, 6) is 0. The van der Waals surface area contributed by atoms with Crippen LogP contribution in [0.1, 0.15) is 31.9 Å². The molecule has 0 bridgehead atoms. The second-order valence-corrected chi connectivity index (χ2v) is 4.72. The molecule has 0 aliphatic heterocycles. The van der Waals surface area contributed by atoms with Crippen LogP contribution in [0.3, 0.4) is 0 Å². The van der Waals surface area contributed by atoms with Crippen LogP contribution in [0, 0.1) is 6.92 Å². The predicted octanol–water partition coefficient (Wildman–Crippen LogP) is -0.326. The summed E-state index contributed by atoms with van der Waals surface area (Å²) in [6.45, 7) is 8.37. The van der Waals surface area contributed by atoms with Crippen molar-refractivity contribution in [2.24, 2.45) is 0 Å². The van der Waals surface area contributed by atoms with Crippen LogP contribution < -0.4 is 16.4 Å². The van der Waals surface area contributed by atoms with Gasteiger partial charge in [0.05, 0.1) is 0 Å². The maximum absolute atomic E-state index is 5.88. The summed E-state index contributed by atoms with van der Waals surface area (Å²) in [7, 11) is 17.4. The van der Waals surface area contributed by atoms with E-state index in [-0.39, 0.29) is 5.41 Å². The summed E-state index contributed by atoms with van der Waals surface area (Å²) >= 11 is 0. The first kappa shape index (κ1) is 11.5. The van der Waals surface area contributed by atoms with Crippen LogP contribution in [0.2, 0.25) is 0 Å². The summed E-state index contributed by atoms with van der Waals surface area (Å²) in [4.78, 5) is 0. The molecule has 0 fully saturated rings. The lowest BCUT2D eigenvalue weighted by Gasteiger charge is -2.25. The second kappa shape index (κ2) is 3.53. The number of hydrogen-bond donors (Lipinski definition) is 0. The predicted molar refractivity (Wildman–Crippen MR) is 66.0 cm³/mol. The molecule has 1 aromatic carbocycles. The lowest BCUT2D eigenvalue weighted by atomic mass is 9.66. The zero-order valence-electron chi connectivity index (χ0n) is 9.31. The molecule has 0 heterocycles. The van der Waals surface area contributed by atoms with Crippen LogP contribution >= 0.6 is 0 Å². The third-order valence-corrected chi connectivity index (χ3v) is 2.52. The molecule has 3 heteroatoms. The Bertz CT molecular complexity index is 362. The zero-order chi connectivity index (χ0) is 11.1.